The van der Waals surface area contributed by atoms with Crippen molar-refractivity contribution in [2.75, 3.05) is 13.1 Å². The van der Waals surface area contributed by atoms with Gasteiger partial charge in [-0.15, -0.1) is 0 Å². The molecule has 0 spiro atoms. The summed E-state index contributed by atoms with van der Waals surface area (Å²) in [5.74, 6) is 0. The predicted octanol–water partition coefficient (Wildman–Crippen LogP) is 2.31. The van der Waals surface area contributed by atoms with Crippen molar-refractivity contribution in [3.05, 3.63) is 48.3 Å². The average Bonchev–Trinajstić information content (AvgIpc) is 2.92. The molecule has 1 aliphatic rings. The van der Waals surface area contributed by atoms with Gasteiger partial charge in [0.1, 0.15) is 11.2 Å². The van der Waals surface area contributed by atoms with Gasteiger partial charge in [-0.25, -0.2) is 9.48 Å². The van der Waals surface area contributed by atoms with Crippen molar-refractivity contribution in [1.82, 2.24) is 14.7 Å². The van der Waals surface area contributed by atoms with E-state index in [0.29, 0.717) is 5.69 Å². The number of carbonyl (C=O) groups is 1. The lowest BCUT2D eigenvalue weighted by Gasteiger charge is -2.46. The van der Waals surface area contributed by atoms with Crippen LogP contribution in [0.2, 0.25) is 0 Å². The van der Waals surface area contributed by atoms with Crippen molar-refractivity contribution in [2.24, 2.45) is 0 Å². The van der Waals surface area contributed by atoms with Crippen LogP contribution in [0.25, 0.3) is 5.69 Å². The number of para-hydroxylation sites is 1. The second kappa shape index (κ2) is 5.38. The minimum Gasteiger partial charge on any atom is -0.444 e. The van der Waals surface area contributed by atoms with E-state index < -0.39 is 17.3 Å². The molecule has 2 heterocycles. The van der Waals surface area contributed by atoms with Crippen molar-refractivity contribution in [3.63, 3.8) is 0 Å². The molecule has 1 aliphatic heterocycles. The number of ether oxygens (including phenoxy) is 1. The van der Waals surface area contributed by atoms with Gasteiger partial charge in [0.15, 0.2) is 0 Å². The van der Waals surface area contributed by atoms with E-state index in [1.54, 1.807) is 16.9 Å². The Hall–Kier alpha value is -2.34. The Morgan fingerprint density at radius 3 is 2.48 bits per heavy atom. The molecule has 6 heteroatoms. The molecule has 1 aromatic heterocycles. The summed E-state index contributed by atoms with van der Waals surface area (Å²) in [6.45, 7) is 5.85. The van der Waals surface area contributed by atoms with Crippen molar-refractivity contribution in [2.45, 2.75) is 32.0 Å². The first-order valence-corrected chi connectivity index (χ1v) is 7.59. The Labute approximate surface area is 135 Å². The summed E-state index contributed by atoms with van der Waals surface area (Å²) < 4.78 is 7.02. The van der Waals surface area contributed by atoms with Gasteiger partial charge in [0.25, 0.3) is 0 Å². The lowest BCUT2D eigenvalue weighted by Crippen LogP contribution is -2.62. The molecule has 3 rings (SSSR count). The fourth-order valence-corrected chi connectivity index (χ4v) is 2.63. The maximum absolute atomic E-state index is 12.0. The first-order valence-electron chi connectivity index (χ1n) is 7.59. The van der Waals surface area contributed by atoms with Crippen LogP contribution >= 0.6 is 0 Å². The Balaban J connectivity index is 1.75. The highest BCUT2D eigenvalue weighted by Crippen LogP contribution is 2.33. The summed E-state index contributed by atoms with van der Waals surface area (Å²) in [5.41, 5.74) is -0.111. The Morgan fingerprint density at radius 1 is 1.22 bits per heavy atom. The van der Waals surface area contributed by atoms with Gasteiger partial charge < -0.3 is 14.7 Å². The summed E-state index contributed by atoms with van der Waals surface area (Å²) in [7, 11) is 0. The van der Waals surface area contributed by atoms with Crippen LogP contribution in [0.3, 0.4) is 0 Å². The third-order valence-electron chi connectivity index (χ3n) is 3.68. The van der Waals surface area contributed by atoms with Gasteiger partial charge >= 0.3 is 6.09 Å². The molecule has 23 heavy (non-hydrogen) atoms. The van der Waals surface area contributed by atoms with Crippen molar-refractivity contribution in [1.29, 1.82) is 0 Å². The molecule has 0 aliphatic carbocycles. The summed E-state index contributed by atoms with van der Waals surface area (Å²) in [6, 6.07) is 11.4. The van der Waals surface area contributed by atoms with Crippen molar-refractivity contribution >= 4 is 6.09 Å². The van der Waals surface area contributed by atoms with Crippen LogP contribution in [0.15, 0.2) is 42.6 Å². The van der Waals surface area contributed by atoms with Gasteiger partial charge in [-0.2, -0.15) is 5.10 Å². The molecule has 0 unspecified atom stereocenters. The quantitative estimate of drug-likeness (QED) is 0.923. The molecule has 1 fully saturated rings. The van der Waals surface area contributed by atoms with Crippen LogP contribution < -0.4 is 0 Å². The monoisotopic (exact) mass is 315 g/mol. The van der Waals surface area contributed by atoms with E-state index in [1.807, 2.05) is 51.1 Å². The van der Waals surface area contributed by atoms with Crippen LogP contribution in [0.5, 0.6) is 0 Å². The lowest BCUT2D eigenvalue weighted by molar-refractivity contribution is -0.107. The number of β-amino-alcohol motifs (C(OH)–C–C–N with tert-alkyl or cyclic N) is 1. The molecule has 122 valence electrons. The topological polar surface area (TPSA) is 67.6 Å². The number of aliphatic hydroxyl groups is 1. The Bertz CT molecular complexity index is 697. The molecule has 0 saturated carbocycles. The number of rotatable bonds is 2. The normalized spacial score (nSPS) is 16.8. The number of hydrogen-bond donors (Lipinski definition) is 1. The third kappa shape index (κ3) is 3.07. The minimum absolute atomic E-state index is 0.195. The van der Waals surface area contributed by atoms with E-state index in [9.17, 15) is 9.90 Å². The SMILES string of the molecule is CC(C)(C)OC(=O)N1CC(O)(c2ccnn2-c2ccccc2)C1. The number of benzene rings is 1. The standard InChI is InChI=1S/C17H21N3O3/c1-16(2,3)23-15(21)19-11-17(22,12-19)14-9-10-18-20(14)13-7-5-4-6-8-13/h4-10,22H,11-12H2,1-3H3. The van der Waals surface area contributed by atoms with Crippen molar-refractivity contribution in [3.8, 4) is 5.69 Å². The maximum atomic E-state index is 12.0. The molecule has 2 aromatic rings. The lowest BCUT2D eigenvalue weighted by atomic mass is 9.90. The molecule has 0 bridgehead atoms. The smallest absolute Gasteiger partial charge is 0.410 e. The highest BCUT2D eigenvalue weighted by molar-refractivity contribution is 5.70. The van der Waals surface area contributed by atoms with Crippen LogP contribution in [0.4, 0.5) is 4.79 Å². The van der Waals surface area contributed by atoms with Crippen LogP contribution in [0, 0.1) is 0 Å². The van der Waals surface area contributed by atoms with Gasteiger partial charge in [-0.1, -0.05) is 18.2 Å². The predicted molar refractivity (Wildman–Crippen MR) is 85.3 cm³/mol. The second-order valence-corrected chi connectivity index (χ2v) is 6.83. The molecule has 0 atom stereocenters. The maximum Gasteiger partial charge on any atom is 0.410 e. The molecule has 1 saturated heterocycles. The molecular weight excluding hydrogens is 294 g/mol. The van der Waals surface area contributed by atoms with E-state index in [0.717, 1.165) is 5.69 Å². The zero-order valence-electron chi connectivity index (χ0n) is 13.6. The second-order valence-electron chi connectivity index (χ2n) is 6.83. The molecule has 0 radical (unpaired) electrons. The van der Waals surface area contributed by atoms with Gasteiger partial charge in [0, 0.05) is 6.20 Å². The number of carbonyl (C=O) groups excluding carboxylic acids is 1. The number of hydrogen-bond acceptors (Lipinski definition) is 4. The summed E-state index contributed by atoms with van der Waals surface area (Å²) in [6.07, 6.45) is 1.24. The van der Waals surface area contributed by atoms with E-state index in [2.05, 4.69) is 5.10 Å². The number of amides is 1. The Morgan fingerprint density at radius 2 is 1.87 bits per heavy atom. The Kier molecular flexibility index (Phi) is 3.64. The number of nitrogens with zero attached hydrogens (tertiary/aromatic N) is 3. The highest BCUT2D eigenvalue weighted by Gasteiger charge is 2.48. The zero-order valence-corrected chi connectivity index (χ0v) is 13.6. The first-order chi connectivity index (χ1) is 10.8. The van der Waals surface area contributed by atoms with Crippen LogP contribution in [-0.2, 0) is 10.3 Å². The van der Waals surface area contributed by atoms with Crippen LogP contribution in [-0.4, -0.2) is 44.6 Å². The average molecular weight is 315 g/mol. The van der Waals surface area contributed by atoms with E-state index in [1.165, 1.54) is 4.90 Å². The highest BCUT2D eigenvalue weighted by atomic mass is 16.6. The number of aromatic nitrogens is 2. The largest absolute Gasteiger partial charge is 0.444 e. The molecule has 1 amide bonds. The van der Waals surface area contributed by atoms with E-state index in [4.69, 9.17) is 4.74 Å². The molecular formula is C17H21N3O3. The molecule has 6 nitrogen and oxygen atoms in total. The van der Waals surface area contributed by atoms with Gasteiger partial charge in [-0.05, 0) is 39.0 Å². The fourth-order valence-electron chi connectivity index (χ4n) is 2.63. The van der Waals surface area contributed by atoms with Crippen molar-refractivity contribution < 1.29 is 14.6 Å². The van der Waals surface area contributed by atoms with Gasteiger partial charge in [-0.3, -0.25) is 0 Å². The third-order valence-corrected chi connectivity index (χ3v) is 3.68. The zero-order chi connectivity index (χ0) is 16.7. The van der Waals surface area contributed by atoms with Gasteiger partial charge in [0.2, 0.25) is 0 Å². The van der Waals surface area contributed by atoms with E-state index in [-0.39, 0.29) is 13.1 Å². The first kappa shape index (κ1) is 15.6. The summed E-state index contributed by atoms with van der Waals surface area (Å²) in [5, 5.41) is 15.1. The summed E-state index contributed by atoms with van der Waals surface area (Å²) in [4.78, 5) is 13.5. The summed E-state index contributed by atoms with van der Waals surface area (Å²) >= 11 is 0. The molecule has 1 aromatic carbocycles. The molecule has 1 N–H and O–H groups in total. The van der Waals surface area contributed by atoms with E-state index >= 15 is 0 Å². The number of likely N-dealkylation sites (tertiary alicyclic amines) is 1. The van der Waals surface area contributed by atoms with Crippen LogP contribution in [0.1, 0.15) is 26.5 Å². The fraction of sp³-hybridized carbons (Fsp3) is 0.412. The minimum atomic E-state index is -1.11. The van der Waals surface area contributed by atoms with Gasteiger partial charge in [0.05, 0.1) is 24.5 Å².